The summed E-state index contributed by atoms with van der Waals surface area (Å²) in [5.74, 6) is 0.938. The molecule has 2 unspecified atom stereocenters. The van der Waals surface area contributed by atoms with Crippen molar-refractivity contribution in [3.63, 3.8) is 0 Å². The Balaban J connectivity index is 1.26. The molecule has 4 fully saturated rings. The predicted molar refractivity (Wildman–Crippen MR) is 161 cm³/mol. The maximum atomic E-state index is 16.7. The molecule has 8 rings (SSSR count). The number of aryl methyl sites for hydroxylation is 1. The van der Waals surface area contributed by atoms with Crippen LogP contribution in [0.25, 0.3) is 32.9 Å². The molecule has 2 bridgehead atoms. The van der Waals surface area contributed by atoms with Crippen molar-refractivity contribution in [2.75, 3.05) is 37.7 Å². The number of piperidine rings is 1. The van der Waals surface area contributed by atoms with Crippen molar-refractivity contribution in [3.05, 3.63) is 53.7 Å². The maximum absolute atomic E-state index is 16.7. The largest absolute Gasteiger partial charge is 0.461 e. The van der Waals surface area contributed by atoms with Crippen molar-refractivity contribution in [2.24, 2.45) is 11.8 Å². The van der Waals surface area contributed by atoms with E-state index in [1.54, 1.807) is 18.3 Å². The summed E-state index contributed by atoms with van der Waals surface area (Å²) in [4.78, 5) is 18.6. The highest BCUT2D eigenvalue weighted by Gasteiger charge is 2.49. The van der Waals surface area contributed by atoms with Crippen molar-refractivity contribution in [1.82, 2.24) is 19.9 Å². The van der Waals surface area contributed by atoms with Gasteiger partial charge in [-0.3, -0.25) is 9.88 Å². The van der Waals surface area contributed by atoms with Crippen LogP contribution in [0.15, 0.2) is 36.5 Å². The Morgan fingerprint density at radius 1 is 1.05 bits per heavy atom. The first-order valence-corrected chi connectivity index (χ1v) is 15.8. The van der Waals surface area contributed by atoms with Gasteiger partial charge in [0.15, 0.2) is 5.82 Å². The summed E-state index contributed by atoms with van der Waals surface area (Å²) in [5.41, 5.74) is 0.975. The molecule has 0 N–H and O–H groups in total. The first kappa shape index (κ1) is 27.1. The number of rotatable bonds is 6. The number of aromatic nitrogens is 3. The highest BCUT2D eigenvalue weighted by atomic mass is 19.1. The quantitative estimate of drug-likeness (QED) is 0.245. The minimum atomic E-state index is -0.870. The molecular weight excluding hydrogens is 551 g/mol. The van der Waals surface area contributed by atoms with Gasteiger partial charge in [-0.25, -0.2) is 13.2 Å². The molecule has 1 aliphatic carbocycles. The van der Waals surface area contributed by atoms with Crippen molar-refractivity contribution in [3.8, 4) is 17.3 Å². The number of ether oxygens (including phenoxy) is 1. The van der Waals surface area contributed by atoms with Crippen molar-refractivity contribution >= 4 is 27.5 Å². The summed E-state index contributed by atoms with van der Waals surface area (Å²) in [6, 6.07) is 8.84. The summed E-state index contributed by atoms with van der Waals surface area (Å²) in [7, 11) is 0. The minimum absolute atomic E-state index is 0.109. The van der Waals surface area contributed by atoms with Gasteiger partial charge in [-0.05, 0) is 79.3 Å². The third kappa shape index (κ3) is 4.45. The van der Waals surface area contributed by atoms with Gasteiger partial charge >= 0.3 is 6.01 Å². The maximum Gasteiger partial charge on any atom is 0.319 e. The molecule has 0 radical (unpaired) electrons. The number of halogens is 3. The lowest BCUT2D eigenvalue weighted by atomic mass is 9.95. The Morgan fingerprint density at radius 2 is 1.88 bits per heavy atom. The lowest BCUT2D eigenvalue weighted by Crippen LogP contribution is -2.43. The Hall–Kier alpha value is -3.46. The molecule has 9 heteroatoms. The zero-order valence-corrected chi connectivity index (χ0v) is 24.5. The summed E-state index contributed by atoms with van der Waals surface area (Å²) in [6.45, 7) is 5.17. The summed E-state index contributed by atoms with van der Waals surface area (Å²) >= 11 is 0. The average Bonchev–Trinajstić information content (AvgIpc) is 3.66. The van der Waals surface area contributed by atoms with Gasteiger partial charge in [-0.1, -0.05) is 31.2 Å². The number of pyridine rings is 1. The van der Waals surface area contributed by atoms with Crippen molar-refractivity contribution in [1.29, 1.82) is 0 Å². The van der Waals surface area contributed by atoms with Crippen LogP contribution in [0.3, 0.4) is 0 Å². The zero-order chi connectivity index (χ0) is 29.3. The van der Waals surface area contributed by atoms with E-state index in [0.717, 1.165) is 37.9 Å². The van der Waals surface area contributed by atoms with Gasteiger partial charge in [0.2, 0.25) is 0 Å². The molecular formula is C34H36F3N5O. The van der Waals surface area contributed by atoms with Crippen LogP contribution >= 0.6 is 0 Å². The number of anilines is 1. The average molecular weight is 588 g/mol. The Kier molecular flexibility index (Phi) is 6.51. The number of alkyl halides is 1. The van der Waals surface area contributed by atoms with E-state index < -0.39 is 12.0 Å². The monoisotopic (exact) mass is 587 g/mol. The SMILES string of the molecule is CCc1c(F)ccc2cccc(-c3ncc4c(N5CC6CCC(C6)C5)nc(OC[C@@]56CCCN5C[C@H](F)C6)nc4c3F)c12. The fourth-order valence-electron chi connectivity index (χ4n) is 8.52. The molecule has 43 heavy (non-hydrogen) atoms. The van der Waals surface area contributed by atoms with Crippen LogP contribution in [0.5, 0.6) is 6.01 Å². The highest BCUT2D eigenvalue weighted by molar-refractivity contribution is 6.00. The molecule has 1 saturated carbocycles. The van der Waals surface area contributed by atoms with Crippen LogP contribution < -0.4 is 9.64 Å². The van der Waals surface area contributed by atoms with Crippen molar-refractivity contribution in [2.45, 2.75) is 63.6 Å². The van der Waals surface area contributed by atoms with E-state index in [-0.39, 0.29) is 35.2 Å². The molecule has 4 aromatic rings. The molecule has 3 saturated heterocycles. The third-order valence-corrected chi connectivity index (χ3v) is 10.5. The second-order valence-corrected chi connectivity index (χ2v) is 13.1. The van der Waals surface area contributed by atoms with E-state index >= 15 is 4.39 Å². The van der Waals surface area contributed by atoms with E-state index in [1.165, 1.54) is 25.3 Å². The Labute approximate surface area is 249 Å². The number of hydrogen-bond donors (Lipinski definition) is 0. The van der Waals surface area contributed by atoms with E-state index in [0.29, 0.717) is 58.9 Å². The Bertz CT molecular complexity index is 1720. The van der Waals surface area contributed by atoms with Crippen LogP contribution in [0, 0.1) is 23.5 Å². The first-order chi connectivity index (χ1) is 20.9. The molecule has 4 atom stereocenters. The van der Waals surface area contributed by atoms with Crippen molar-refractivity contribution < 1.29 is 17.9 Å². The topological polar surface area (TPSA) is 54.4 Å². The molecule has 2 aromatic carbocycles. The molecule has 0 amide bonds. The smallest absolute Gasteiger partial charge is 0.319 e. The normalized spacial score (nSPS) is 27.0. The van der Waals surface area contributed by atoms with Crippen LogP contribution in [0.4, 0.5) is 19.0 Å². The highest BCUT2D eigenvalue weighted by Crippen LogP contribution is 2.43. The van der Waals surface area contributed by atoms with Crippen LogP contribution in [0.2, 0.25) is 0 Å². The summed E-state index contributed by atoms with van der Waals surface area (Å²) < 4.78 is 52.4. The standard InChI is InChI=1S/C34H36F3N5O/c1-2-24-27(36)10-9-22-5-3-6-25(28(22)24)30-29(37)31-26(15-38-30)32(41-16-20-7-8-21(13-20)17-41)40-33(39-31)43-19-34-11-4-12-42(34)18-23(35)14-34/h3,5-6,9-10,15,20-21,23H,2,4,7-8,11-14,16-19H2,1H3/t20?,21?,23-,34+/m1/s1. The third-order valence-electron chi connectivity index (χ3n) is 10.5. The molecule has 0 spiro atoms. The van der Waals surface area contributed by atoms with E-state index in [2.05, 4.69) is 19.8 Å². The van der Waals surface area contributed by atoms with E-state index in [1.807, 2.05) is 19.1 Å². The molecule has 3 aliphatic heterocycles. The lowest BCUT2D eigenvalue weighted by Gasteiger charge is -2.34. The Morgan fingerprint density at radius 3 is 2.70 bits per heavy atom. The number of nitrogens with zero attached hydrogens (tertiary/aromatic N) is 5. The van der Waals surface area contributed by atoms with Crippen LogP contribution in [0.1, 0.15) is 51.0 Å². The van der Waals surface area contributed by atoms with Gasteiger partial charge < -0.3 is 9.64 Å². The number of benzene rings is 2. The summed E-state index contributed by atoms with van der Waals surface area (Å²) in [6.07, 6.45) is 7.18. The first-order valence-electron chi connectivity index (χ1n) is 15.8. The minimum Gasteiger partial charge on any atom is -0.461 e. The van der Waals surface area contributed by atoms with Gasteiger partial charge in [-0.15, -0.1) is 0 Å². The van der Waals surface area contributed by atoms with Gasteiger partial charge in [0, 0.05) is 37.8 Å². The second kappa shape index (κ2) is 10.3. The molecule has 2 aromatic heterocycles. The summed E-state index contributed by atoms with van der Waals surface area (Å²) in [5, 5.41) is 2.04. The van der Waals surface area contributed by atoms with Gasteiger partial charge in [0.05, 0.1) is 10.9 Å². The zero-order valence-electron chi connectivity index (χ0n) is 24.5. The van der Waals surface area contributed by atoms with Gasteiger partial charge in [-0.2, -0.15) is 9.97 Å². The number of hydrogen-bond acceptors (Lipinski definition) is 6. The van der Waals surface area contributed by atoms with Gasteiger partial charge in [0.25, 0.3) is 0 Å². The fraction of sp³-hybridized carbons (Fsp3) is 0.500. The molecule has 5 heterocycles. The molecule has 4 aliphatic rings. The fourth-order valence-corrected chi connectivity index (χ4v) is 8.52. The van der Waals surface area contributed by atoms with Crippen LogP contribution in [-0.4, -0.2) is 64.3 Å². The number of fused-ring (bicyclic) bond motifs is 5. The lowest BCUT2D eigenvalue weighted by molar-refractivity contribution is 0.107. The van der Waals surface area contributed by atoms with E-state index in [4.69, 9.17) is 9.72 Å². The van der Waals surface area contributed by atoms with Crippen LogP contribution in [-0.2, 0) is 6.42 Å². The van der Waals surface area contributed by atoms with Gasteiger partial charge in [0.1, 0.15) is 35.6 Å². The molecule has 224 valence electrons. The predicted octanol–water partition coefficient (Wildman–Crippen LogP) is 6.88. The van der Waals surface area contributed by atoms with E-state index in [9.17, 15) is 8.78 Å². The molecule has 6 nitrogen and oxygen atoms in total. The second-order valence-electron chi connectivity index (χ2n) is 13.1.